The first kappa shape index (κ1) is 17.1. The molecule has 118 valence electrons. The summed E-state index contributed by atoms with van der Waals surface area (Å²) in [6.07, 6.45) is -5.79. The van der Waals surface area contributed by atoms with Crippen LogP contribution in [0.15, 0.2) is 0 Å². The summed E-state index contributed by atoms with van der Waals surface area (Å²) in [5, 5.41) is 9.88. The molecule has 2 atom stereocenters. The molecule has 0 aliphatic carbocycles. The van der Waals surface area contributed by atoms with Gasteiger partial charge in [-0.05, 0) is 33.1 Å². The number of alkyl halides is 3. The number of halogens is 3. The fourth-order valence-electron chi connectivity index (χ4n) is 2.18. The molecule has 1 amide bonds. The van der Waals surface area contributed by atoms with E-state index in [2.05, 4.69) is 0 Å². The maximum absolute atomic E-state index is 13.0. The lowest BCUT2D eigenvalue weighted by atomic mass is 9.84. The lowest BCUT2D eigenvalue weighted by Crippen LogP contribution is -2.50. The van der Waals surface area contributed by atoms with E-state index in [1.54, 1.807) is 20.8 Å². The summed E-state index contributed by atoms with van der Waals surface area (Å²) >= 11 is 0. The molecule has 1 fully saturated rings. The zero-order chi connectivity index (χ0) is 15.8. The molecule has 4 nitrogen and oxygen atoms in total. The average Bonchev–Trinajstić information content (AvgIpc) is 2.37. The Bertz CT molecular complexity index is 365. The van der Waals surface area contributed by atoms with Crippen molar-refractivity contribution in [2.75, 3.05) is 13.1 Å². The Kier molecular flexibility index (Phi) is 4.63. The van der Waals surface area contributed by atoms with Gasteiger partial charge in [-0.2, -0.15) is 13.2 Å². The molecule has 20 heavy (non-hydrogen) atoms. The Balaban J connectivity index is 2.79. The second-order valence-corrected chi connectivity index (χ2v) is 6.33. The molecule has 1 rings (SSSR count). The standard InChI is InChI=1S/C13H22F3NO3/c1-9-5-7-17(10(18)20-11(2,3)4)8-6-12(9,19)13(14,15)16/h9,19H,5-8H2,1-4H3. The van der Waals surface area contributed by atoms with Gasteiger partial charge in [0.1, 0.15) is 5.60 Å². The van der Waals surface area contributed by atoms with E-state index in [1.807, 2.05) is 0 Å². The van der Waals surface area contributed by atoms with Crippen molar-refractivity contribution >= 4 is 6.09 Å². The first-order chi connectivity index (χ1) is 8.87. The first-order valence-corrected chi connectivity index (χ1v) is 6.64. The van der Waals surface area contributed by atoms with Crippen LogP contribution in [0.4, 0.5) is 18.0 Å². The van der Waals surface area contributed by atoms with Gasteiger partial charge in [-0.25, -0.2) is 4.79 Å². The SMILES string of the molecule is CC1CCN(C(=O)OC(C)(C)C)CCC1(O)C(F)(F)F. The van der Waals surface area contributed by atoms with E-state index in [4.69, 9.17) is 4.74 Å². The molecule has 7 heteroatoms. The molecule has 1 aliphatic heterocycles. The maximum Gasteiger partial charge on any atom is 0.417 e. The summed E-state index contributed by atoms with van der Waals surface area (Å²) in [5.41, 5.74) is -3.45. The van der Waals surface area contributed by atoms with Crippen LogP contribution in [0.25, 0.3) is 0 Å². The van der Waals surface area contributed by atoms with Crippen LogP contribution in [-0.4, -0.2) is 46.6 Å². The van der Waals surface area contributed by atoms with Gasteiger partial charge in [0, 0.05) is 19.5 Å². The molecule has 0 saturated carbocycles. The number of hydrogen-bond donors (Lipinski definition) is 1. The molecule has 1 heterocycles. The number of amides is 1. The number of nitrogens with zero attached hydrogens (tertiary/aromatic N) is 1. The quantitative estimate of drug-likeness (QED) is 0.748. The van der Waals surface area contributed by atoms with Crippen LogP contribution in [-0.2, 0) is 4.74 Å². The van der Waals surface area contributed by atoms with Crippen LogP contribution in [0.2, 0.25) is 0 Å². The highest BCUT2D eigenvalue weighted by Crippen LogP contribution is 2.41. The van der Waals surface area contributed by atoms with Crippen molar-refractivity contribution in [1.82, 2.24) is 4.90 Å². The highest BCUT2D eigenvalue weighted by atomic mass is 19.4. The number of ether oxygens (including phenoxy) is 1. The maximum atomic E-state index is 13.0. The Morgan fingerprint density at radius 1 is 1.30 bits per heavy atom. The molecule has 1 saturated heterocycles. The van der Waals surface area contributed by atoms with E-state index in [0.717, 1.165) is 0 Å². The number of aliphatic hydroxyl groups is 1. The largest absolute Gasteiger partial charge is 0.444 e. The van der Waals surface area contributed by atoms with E-state index >= 15 is 0 Å². The number of carbonyl (C=O) groups excluding carboxylic acids is 1. The van der Waals surface area contributed by atoms with Crippen LogP contribution in [0.1, 0.15) is 40.5 Å². The number of rotatable bonds is 0. The minimum Gasteiger partial charge on any atom is -0.444 e. The normalized spacial score (nSPS) is 29.0. The number of likely N-dealkylation sites (tertiary alicyclic amines) is 1. The fraction of sp³-hybridized carbons (Fsp3) is 0.923. The predicted molar refractivity (Wildman–Crippen MR) is 67.2 cm³/mol. The van der Waals surface area contributed by atoms with Gasteiger partial charge < -0.3 is 14.7 Å². The van der Waals surface area contributed by atoms with Crippen LogP contribution in [0.3, 0.4) is 0 Å². The van der Waals surface area contributed by atoms with E-state index in [-0.39, 0.29) is 19.5 Å². The molecule has 0 spiro atoms. The zero-order valence-corrected chi connectivity index (χ0v) is 12.3. The fourth-order valence-corrected chi connectivity index (χ4v) is 2.18. The van der Waals surface area contributed by atoms with Gasteiger partial charge in [-0.3, -0.25) is 0 Å². The van der Waals surface area contributed by atoms with Crippen molar-refractivity contribution in [3.05, 3.63) is 0 Å². The molecular formula is C13H22F3NO3. The Hall–Kier alpha value is -0.980. The van der Waals surface area contributed by atoms with Crippen molar-refractivity contribution in [2.24, 2.45) is 5.92 Å². The van der Waals surface area contributed by atoms with E-state index in [9.17, 15) is 23.1 Å². The lowest BCUT2D eigenvalue weighted by Gasteiger charge is -2.34. The summed E-state index contributed by atoms with van der Waals surface area (Å²) in [7, 11) is 0. The summed E-state index contributed by atoms with van der Waals surface area (Å²) < 4.78 is 44.1. The van der Waals surface area contributed by atoms with Gasteiger partial charge in [0.15, 0.2) is 5.60 Å². The number of hydrogen-bond acceptors (Lipinski definition) is 3. The third-order valence-electron chi connectivity index (χ3n) is 3.55. The highest BCUT2D eigenvalue weighted by molar-refractivity contribution is 5.68. The Labute approximate surface area is 116 Å². The van der Waals surface area contributed by atoms with Crippen LogP contribution >= 0.6 is 0 Å². The lowest BCUT2D eigenvalue weighted by molar-refractivity contribution is -0.278. The van der Waals surface area contributed by atoms with Gasteiger partial charge in [0.2, 0.25) is 0 Å². The zero-order valence-electron chi connectivity index (χ0n) is 12.3. The van der Waals surface area contributed by atoms with Crippen molar-refractivity contribution in [1.29, 1.82) is 0 Å². The predicted octanol–water partition coefficient (Wildman–Crippen LogP) is 2.95. The Morgan fingerprint density at radius 3 is 2.30 bits per heavy atom. The molecule has 1 aliphatic rings. The summed E-state index contributed by atoms with van der Waals surface area (Å²) in [6.45, 7) is 6.40. The molecule has 0 bridgehead atoms. The molecule has 0 aromatic carbocycles. The third-order valence-corrected chi connectivity index (χ3v) is 3.55. The number of carbonyl (C=O) groups is 1. The van der Waals surface area contributed by atoms with Crippen molar-refractivity contribution in [3.63, 3.8) is 0 Å². The Morgan fingerprint density at radius 2 is 1.85 bits per heavy atom. The molecule has 0 aromatic heterocycles. The summed E-state index contributed by atoms with van der Waals surface area (Å²) in [6, 6.07) is 0. The van der Waals surface area contributed by atoms with Crippen LogP contribution < -0.4 is 0 Å². The second-order valence-electron chi connectivity index (χ2n) is 6.33. The molecule has 0 aromatic rings. The van der Waals surface area contributed by atoms with Crippen LogP contribution in [0.5, 0.6) is 0 Å². The smallest absolute Gasteiger partial charge is 0.417 e. The van der Waals surface area contributed by atoms with Gasteiger partial charge in [-0.15, -0.1) is 0 Å². The van der Waals surface area contributed by atoms with Crippen molar-refractivity contribution < 1.29 is 27.8 Å². The summed E-state index contributed by atoms with van der Waals surface area (Å²) in [5.74, 6) is -0.963. The van der Waals surface area contributed by atoms with E-state index < -0.39 is 35.8 Å². The van der Waals surface area contributed by atoms with Crippen molar-refractivity contribution in [3.8, 4) is 0 Å². The third kappa shape index (κ3) is 3.77. The van der Waals surface area contributed by atoms with Gasteiger partial charge >= 0.3 is 12.3 Å². The molecular weight excluding hydrogens is 275 g/mol. The van der Waals surface area contributed by atoms with Crippen LogP contribution in [0, 0.1) is 5.92 Å². The highest BCUT2D eigenvalue weighted by Gasteiger charge is 2.57. The second kappa shape index (κ2) is 5.42. The van der Waals surface area contributed by atoms with E-state index in [0.29, 0.717) is 0 Å². The minimum atomic E-state index is -4.70. The average molecular weight is 297 g/mol. The van der Waals surface area contributed by atoms with Crippen molar-refractivity contribution in [2.45, 2.75) is 57.9 Å². The first-order valence-electron chi connectivity index (χ1n) is 6.64. The minimum absolute atomic E-state index is 0.0786. The van der Waals surface area contributed by atoms with Gasteiger partial charge in [0.25, 0.3) is 0 Å². The van der Waals surface area contributed by atoms with Gasteiger partial charge in [0.05, 0.1) is 0 Å². The van der Waals surface area contributed by atoms with Gasteiger partial charge in [-0.1, -0.05) is 6.92 Å². The topological polar surface area (TPSA) is 49.8 Å². The summed E-state index contributed by atoms with van der Waals surface area (Å²) in [4.78, 5) is 13.1. The van der Waals surface area contributed by atoms with E-state index in [1.165, 1.54) is 11.8 Å². The monoisotopic (exact) mass is 297 g/mol. The molecule has 2 unspecified atom stereocenters. The molecule has 0 radical (unpaired) electrons. The molecule has 1 N–H and O–H groups in total.